The van der Waals surface area contributed by atoms with Crippen LogP contribution in [0.5, 0.6) is 0 Å². The number of rotatable bonds is 3. The predicted molar refractivity (Wildman–Crippen MR) is 83.7 cm³/mol. The zero-order chi connectivity index (χ0) is 15.2. The molecule has 4 heteroatoms. The van der Waals surface area contributed by atoms with Crippen molar-refractivity contribution in [2.24, 2.45) is 5.41 Å². The summed E-state index contributed by atoms with van der Waals surface area (Å²) < 4.78 is 5.26. The van der Waals surface area contributed by atoms with E-state index < -0.39 is 0 Å². The van der Waals surface area contributed by atoms with Gasteiger partial charge in [-0.25, -0.2) is 0 Å². The van der Waals surface area contributed by atoms with Crippen LogP contribution < -0.4 is 0 Å². The molecule has 0 atom stereocenters. The molecule has 1 aliphatic rings. The highest BCUT2D eigenvalue weighted by molar-refractivity contribution is 5.98. The highest BCUT2D eigenvalue weighted by Crippen LogP contribution is 2.28. The monoisotopic (exact) mass is 286 g/mol. The van der Waals surface area contributed by atoms with E-state index in [4.69, 9.17) is 4.74 Å². The second kappa shape index (κ2) is 4.88. The van der Waals surface area contributed by atoms with Crippen molar-refractivity contribution in [2.45, 2.75) is 20.8 Å². The van der Waals surface area contributed by atoms with Gasteiger partial charge in [0.25, 0.3) is 5.91 Å². The van der Waals surface area contributed by atoms with E-state index in [0.717, 1.165) is 30.7 Å². The smallest absolute Gasteiger partial charge is 0.270 e. The molecule has 1 saturated heterocycles. The third-order valence-corrected chi connectivity index (χ3v) is 4.19. The maximum atomic E-state index is 12.6. The molecule has 21 heavy (non-hydrogen) atoms. The van der Waals surface area contributed by atoms with E-state index in [9.17, 15) is 4.79 Å². The molecule has 1 amide bonds. The molecule has 2 heterocycles. The van der Waals surface area contributed by atoms with E-state index in [1.165, 1.54) is 11.1 Å². The van der Waals surface area contributed by atoms with Crippen molar-refractivity contribution in [3.05, 3.63) is 35.0 Å². The van der Waals surface area contributed by atoms with E-state index >= 15 is 0 Å². The maximum absolute atomic E-state index is 12.6. The topological polar surface area (TPSA) is 45.3 Å². The molecule has 1 N–H and O–H groups in total. The van der Waals surface area contributed by atoms with Gasteiger partial charge in [-0.15, -0.1) is 0 Å². The third-order valence-electron chi connectivity index (χ3n) is 4.19. The molecule has 0 spiro atoms. The standard InChI is InChI=1S/C17H22N2O2/c1-11-5-12(2)13-7-15(18-14(13)6-11)16(20)19(4)8-17(3)9-21-10-17/h5-7,18H,8-10H2,1-4H3. The lowest BCUT2D eigenvalue weighted by atomic mass is 9.88. The van der Waals surface area contributed by atoms with Gasteiger partial charge in [0.15, 0.2) is 0 Å². The van der Waals surface area contributed by atoms with Gasteiger partial charge in [0.2, 0.25) is 0 Å². The number of amides is 1. The number of hydrogen-bond donors (Lipinski definition) is 1. The number of H-pyrrole nitrogens is 1. The van der Waals surface area contributed by atoms with Crippen LogP contribution in [-0.2, 0) is 4.74 Å². The van der Waals surface area contributed by atoms with Crippen molar-refractivity contribution in [3.8, 4) is 0 Å². The Hall–Kier alpha value is -1.81. The number of aromatic amines is 1. The first-order valence-corrected chi connectivity index (χ1v) is 7.31. The van der Waals surface area contributed by atoms with E-state index in [-0.39, 0.29) is 11.3 Å². The van der Waals surface area contributed by atoms with Crippen molar-refractivity contribution in [1.82, 2.24) is 9.88 Å². The van der Waals surface area contributed by atoms with E-state index in [2.05, 4.69) is 37.9 Å². The SMILES string of the molecule is Cc1cc(C)c2cc(C(=O)N(C)CC3(C)COC3)[nH]c2c1. The maximum Gasteiger partial charge on any atom is 0.270 e. The average molecular weight is 286 g/mol. The number of benzene rings is 1. The van der Waals surface area contributed by atoms with Gasteiger partial charge in [-0.05, 0) is 37.1 Å². The Morgan fingerprint density at radius 1 is 1.33 bits per heavy atom. The Bertz CT molecular complexity index is 698. The molecule has 1 aromatic heterocycles. The third kappa shape index (κ3) is 2.56. The van der Waals surface area contributed by atoms with Gasteiger partial charge in [0.05, 0.1) is 13.2 Å². The van der Waals surface area contributed by atoms with Crippen molar-refractivity contribution in [2.75, 3.05) is 26.8 Å². The van der Waals surface area contributed by atoms with Gasteiger partial charge in [0, 0.05) is 29.9 Å². The molecule has 0 radical (unpaired) electrons. The number of nitrogens with one attached hydrogen (secondary N) is 1. The molecule has 0 bridgehead atoms. The summed E-state index contributed by atoms with van der Waals surface area (Å²) in [4.78, 5) is 17.6. The number of nitrogens with zero attached hydrogens (tertiary/aromatic N) is 1. The summed E-state index contributed by atoms with van der Waals surface area (Å²) in [7, 11) is 1.86. The van der Waals surface area contributed by atoms with Crippen LogP contribution in [0.25, 0.3) is 10.9 Å². The van der Waals surface area contributed by atoms with E-state index in [1.54, 1.807) is 4.90 Å². The molecule has 112 valence electrons. The number of hydrogen-bond acceptors (Lipinski definition) is 2. The van der Waals surface area contributed by atoms with Crippen LogP contribution in [0.1, 0.15) is 28.5 Å². The fourth-order valence-corrected chi connectivity index (χ4v) is 3.11. The highest BCUT2D eigenvalue weighted by Gasteiger charge is 2.35. The van der Waals surface area contributed by atoms with Crippen LogP contribution in [-0.4, -0.2) is 42.6 Å². The van der Waals surface area contributed by atoms with Crippen LogP contribution >= 0.6 is 0 Å². The molecule has 1 aliphatic heterocycles. The molecule has 3 rings (SSSR count). The molecule has 0 saturated carbocycles. The summed E-state index contributed by atoms with van der Waals surface area (Å²) in [5.74, 6) is 0.0383. The van der Waals surface area contributed by atoms with Gasteiger partial charge in [-0.1, -0.05) is 13.0 Å². The summed E-state index contributed by atoms with van der Waals surface area (Å²) >= 11 is 0. The minimum Gasteiger partial charge on any atom is -0.380 e. The molecule has 0 aliphatic carbocycles. The highest BCUT2D eigenvalue weighted by atomic mass is 16.5. The average Bonchev–Trinajstić information content (AvgIpc) is 2.79. The van der Waals surface area contributed by atoms with Crippen LogP contribution in [0.4, 0.5) is 0 Å². The van der Waals surface area contributed by atoms with Crippen molar-refractivity contribution < 1.29 is 9.53 Å². The molecular formula is C17H22N2O2. The van der Waals surface area contributed by atoms with Gasteiger partial charge < -0.3 is 14.6 Å². The summed E-state index contributed by atoms with van der Waals surface area (Å²) in [5, 5.41) is 1.12. The van der Waals surface area contributed by atoms with Crippen molar-refractivity contribution >= 4 is 16.8 Å². The number of carbonyl (C=O) groups is 1. The largest absolute Gasteiger partial charge is 0.380 e. The van der Waals surface area contributed by atoms with Gasteiger partial charge >= 0.3 is 0 Å². The lowest BCUT2D eigenvalue weighted by Crippen LogP contribution is -2.49. The zero-order valence-electron chi connectivity index (χ0n) is 13.1. The molecule has 1 fully saturated rings. The summed E-state index contributed by atoms with van der Waals surface area (Å²) in [6, 6.07) is 6.18. The first-order chi connectivity index (χ1) is 9.88. The Balaban J connectivity index is 1.85. The van der Waals surface area contributed by atoms with Crippen LogP contribution in [0.15, 0.2) is 18.2 Å². The summed E-state index contributed by atoms with van der Waals surface area (Å²) in [6.45, 7) is 8.48. The van der Waals surface area contributed by atoms with Crippen molar-refractivity contribution in [1.29, 1.82) is 0 Å². The van der Waals surface area contributed by atoms with Crippen LogP contribution in [0.2, 0.25) is 0 Å². The van der Waals surface area contributed by atoms with E-state index in [1.807, 2.05) is 13.1 Å². The fraction of sp³-hybridized carbons (Fsp3) is 0.471. The Morgan fingerprint density at radius 3 is 2.67 bits per heavy atom. The zero-order valence-corrected chi connectivity index (χ0v) is 13.1. The number of fused-ring (bicyclic) bond motifs is 1. The minimum absolute atomic E-state index is 0.0383. The Morgan fingerprint density at radius 2 is 2.05 bits per heavy atom. The lowest BCUT2D eigenvalue weighted by molar-refractivity contribution is -0.109. The lowest BCUT2D eigenvalue weighted by Gasteiger charge is -2.40. The number of aryl methyl sites for hydroxylation is 2. The quantitative estimate of drug-likeness (QED) is 0.943. The van der Waals surface area contributed by atoms with Gasteiger partial charge in [-0.2, -0.15) is 0 Å². The molecule has 2 aromatic rings. The Kier molecular flexibility index (Phi) is 3.29. The van der Waals surface area contributed by atoms with E-state index in [0.29, 0.717) is 5.69 Å². The second-order valence-electron chi connectivity index (χ2n) is 6.69. The predicted octanol–water partition coefficient (Wildman–Crippen LogP) is 2.89. The number of aromatic nitrogens is 1. The first kappa shape index (κ1) is 14.1. The van der Waals surface area contributed by atoms with Crippen LogP contribution in [0, 0.1) is 19.3 Å². The number of carbonyl (C=O) groups excluding carboxylic acids is 1. The molecule has 0 unspecified atom stereocenters. The minimum atomic E-state index is 0.0383. The second-order valence-corrected chi connectivity index (χ2v) is 6.69. The van der Waals surface area contributed by atoms with Crippen molar-refractivity contribution in [3.63, 3.8) is 0 Å². The summed E-state index contributed by atoms with van der Waals surface area (Å²) in [6.07, 6.45) is 0. The van der Waals surface area contributed by atoms with Gasteiger partial charge in [-0.3, -0.25) is 4.79 Å². The normalized spacial score (nSPS) is 16.8. The van der Waals surface area contributed by atoms with Gasteiger partial charge in [0.1, 0.15) is 5.69 Å². The first-order valence-electron chi connectivity index (χ1n) is 7.31. The fourth-order valence-electron chi connectivity index (χ4n) is 3.11. The number of ether oxygens (including phenoxy) is 1. The molecule has 4 nitrogen and oxygen atoms in total. The molecular weight excluding hydrogens is 264 g/mol. The molecule has 1 aromatic carbocycles. The van der Waals surface area contributed by atoms with Crippen LogP contribution in [0.3, 0.4) is 0 Å². The Labute approximate surface area is 125 Å². The summed E-state index contributed by atoms with van der Waals surface area (Å²) in [5.41, 5.74) is 4.19.